The molecule has 1 heterocycles. The van der Waals surface area contributed by atoms with Gasteiger partial charge >= 0.3 is 6.03 Å². The molecule has 2 N–H and O–H groups in total. The second kappa shape index (κ2) is 6.60. The van der Waals surface area contributed by atoms with Gasteiger partial charge in [0.05, 0.1) is 5.54 Å². The van der Waals surface area contributed by atoms with Crippen molar-refractivity contribution in [1.82, 2.24) is 15.5 Å². The summed E-state index contributed by atoms with van der Waals surface area (Å²) in [7, 11) is 0. The Morgan fingerprint density at radius 3 is 2.61 bits per heavy atom. The number of likely N-dealkylation sites (tertiary alicyclic amines) is 1. The van der Waals surface area contributed by atoms with Gasteiger partial charge in [-0.1, -0.05) is 43.2 Å². The molecule has 0 spiro atoms. The van der Waals surface area contributed by atoms with Gasteiger partial charge in [-0.3, -0.25) is 4.79 Å². The monoisotopic (exact) mass is 315 g/mol. The standard InChI is InChI=1S/C18H25N3O2/c1-14(22)19-11-12-20-17(23)21-13-16-9-5-6-10-18(16,21)15-7-3-2-4-8-15/h2-4,7-8,16H,5-6,9-13H2,1H3,(H,19,22)(H,20,23)/t16-,18-/m0/s1. The Morgan fingerprint density at radius 1 is 1.17 bits per heavy atom. The van der Waals surface area contributed by atoms with E-state index in [1.165, 1.54) is 31.7 Å². The van der Waals surface area contributed by atoms with E-state index < -0.39 is 0 Å². The van der Waals surface area contributed by atoms with Crippen LogP contribution in [0.25, 0.3) is 0 Å². The minimum absolute atomic E-state index is 0.0163. The van der Waals surface area contributed by atoms with Crippen molar-refractivity contribution in [3.63, 3.8) is 0 Å². The molecule has 2 aliphatic rings. The fourth-order valence-electron chi connectivity index (χ4n) is 4.13. The summed E-state index contributed by atoms with van der Waals surface area (Å²) in [6.45, 7) is 3.25. The van der Waals surface area contributed by atoms with Crippen LogP contribution in [0, 0.1) is 5.92 Å². The molecular formula is C18H25N3O2. The summed E-state index contributed by atoms with van der Waals surface area (Å²) in [6.07, 6.45) is 4.67. The molecule has 3 amide bonds. The maximum absolute atomic E-state index is 12.6. The molecule has 1 aliphatic carbocycles. The lowest BCUT2D eigenvalue weighted by atomic mass is 9.62. The van der Waals surface area contributed by atoms with Gasteiger partial charge in [0.15, 0.2) is 0 Å². The van der Waals surface area contributed by atoms with E-state index in [-0.39, 0.29) is 17.5 Å². The molecule has 0 unspecified atom stereocenters. The number of benzene rings is 1. The summed E-state index contributed by atoms with van der Waals surface area (Å²) in [4.78, 5) is 25.5. The van der Waals surface area contributed by atoms with Gasteiger partial charge in [-0.2, -0.15) is 0 Å². The summed E-state index contributed by atoms with van der Waals surface area (Å²) in [5.41, 5.74) is 1.13. The van der Waals surface area contributed by atoms with E-state index >= 15 is 0 Å². The zero-order chi connectivity index (χ0) is 16.3. The molecule has 5 nitrogen and oxygen atoms in total. The Kier molecular flexibility index (Phi) is 4.55. The van der Waals surface area contributed by atoms with Crippen molar-refractivity contribution in [1.29, 1.82) is 0 Å². The van der Waals surface area contributed by atoms with Crippen LogP contribution >= 0.6 is 0 Å². The second-order valence-corrected chi connectivity index (χ2v) is 6.56. The smallest absolute Gasteiger partial charge is 0.318 e. The number of nitrogens with one attached hydrogen (secondary N) is 2. The summed E-state index contributed by atoms with van der Waals surface area (Å²) in [6, 6.07) is 10.4. The molecule has 2 fully saturated rings. The highest BCUT2D eigenvalue weighted by Crippen LogP contribution is 2.53. The highest BCUT2D eigenvalue weighted by Gasteiger charge is 2.56. The van der Waals surface area contributed by atoms with E-state index in [1.54, 1.807) is 0 Å². The molecule has 1 saturated heterocycles. The minimum Gasteiger partial charge on any atom is -0.355 e. The molecule has 0 bridgehead atoms. The van der Waals surface area contributed by atoms with E-state index in [4.69, 9.17) is 0 Å². The molecule has 1 aliphatic heterocycles. The molecule has 124 valence electrons. The number of rotatable bonds is 4. The van der Waals surface area contributed by atoms with Crippen LogP contribution in [0.15, 0.2) is 30.3 Å². The average molecular weight is 315 g/mol. The van der Waals surface area contributed by atoms with Crippen LogP contribution in [0.4, 0.5) is 4.79 Å². The van der Waals surface area contributed by atoms with Crippen LogP contribution in [0.5, 0.6) is 0 Å². The van der Waals surface area contributed by atoms with Gasteiger partial charge in [0.1, 0.15) is 0 Å². The average Bonchev–Trinajstić information content (AvgIpc) is 2.53. The molecular weight excluding hydrogens is 290 g/mol. The number of urea groups is 1. The Balaban J connectivity index is 1.69. The predicted octanol–water partition coefficient (Wildman–Crippen LogP) is 2.23. The van der Waals surface area contributed by atoms with Crippen LogP contribution < -0.4 is 10.6 Å². The zero-order valence-electron chi connectivity index (χ0n) is 13.7. The number of hydrogen-bond donors (Lipinski definition) is 2. The first-order valence-corrected chi connectivity index (χ1v) is 8.50. The maximum Gasteiger partial charge on any atom is 0.318 e. The second-order valence-electron chi connectivity index (χ2n) is 6.56. The number of hydrogen-bond acceptors (Lipinski definition) is 2. The van der Waals surface area contributed by atoms with Gasteiger partial charge in [-0.25, -0.2) is 4.79 Å². The third-order valence-corrected chi connectivity index (χ3v) is 5.21. The molecule has 1 aromatic rings. The third kappa shape index (κ3) is 2.92. The lowest BCUT2D eigenvalue weighted by Crippen LogP contribution is -2.69. The van der Waals surface area contributed by atoms with E-state index in [1.807, 2.05) is 11.0 Å². The quantitative estimate of drug-likeness (QED) is 0.837. The van der Waals surface area contributed by atoms with Crippen LogP contribution in [-0.2, 0) is 10.3 Å². The summed E-state index contributed by atoms with van der Waals surface area (Å²) in [5, 5.41) is 5.64. The van der Waals surface area contributed by atoms with Crippen LogP contribution in [0.2, 0.25) is 0 Å². The lowest BCUT2D eigenvalue weighted by Gasteiger charge is -2.61. The Bertz CT molecular complexity index is 575. The molecule has 2 atom stereocenters. The van der Waals surface area contributed by atoms with Crippen molar-refractivity contribution in [2.45, 2.75) is 38.1 Å². The Morgan fingerprint density at radius 2 is 1.91 bits per heavy atom. The number of amides is 3. The molecule has 23 heavy (non-hydrogen) atoms. The highest BCUT2D eigenvalue weighted by molar-refractivity contribution is 5.77. The number of nitrogens with zero attached hydrogens (tertiary/aromatic N) is 1. The predicted molar refractivity (Wildman–Crippen MR) is 88.9 cm³/mol. The Hall–Kier alpha value is -2.04. The van der Waals surface area contributed by atoms with E-state index in [2.05, 4.69) is 34.9 Å². The summed E-state index contributed by atoms with van der Waals surface area (Å²) >= 11 is 0. The van der Waals surface area contributed by atoms with Gasteiger partial charge in [-0.15, -0.1) is 0 Å². The molecule has 0 radical (unpaired) electrons. The number of carbonyl (C=O) groups excluding carboxylic acids is 2. The highest BCUT2D eigenvalue weighted by atomic mass is 16.2. The largest absolute Gasteiger partial charge is 0.355 e. The van der Waals surface area contributed by atoms with Gasteiger partial charge < -0.3 is 15.5 Å². The number of carbonyl (C=O) groups is 2. The van der Waals surface area contributed by atoms with E-state index in [0.717, 1.165) is 13.0 Å². The van der Waals surface area contributed by atoms with Crippen LogP contribution in [-0.4, -0.2) is 36.5 Å². The van der Waals surface area contributed by atoms with E-state index in [9.17, 15) is 9.59 Å². The SMILES string of the molecule is CC(=O)NCCNC(=O)N1C[C@@H]2CCCC[C@]21c1ccccc1. The van der Waals surface area contributed by atoms with Crippen molar-refractivity contribution in [2.24, 2.45) is 5.92 Å². The van der Waals surface area contributed by atoms with Crippen molar-refractivity contribution >= 4 is 11.9 Å². The summed E-state index contributed by atoms with van der Waals surface area (Å²) in [5.74, 6) is 0.496. The molecule has 1 saturated carbocycles. The minimum atomic E-state index is -0.127. The van der Waals surface area contributed by atoms with Gasteiger partial charge in [0, 0.05) is 32.5 Å². The lowest BCUT2D eigenvalue weighted by molar-refractivity contribution is -0.118. The van der Waals surface area contributed by atoms with Crippen molar-refractivity contribution in [3.05, 3.63) is 35.9 Å². The fraction of sp³-hybridized carbons (Fsp3) is 0.556. The van der Waals surface area contributed by atoms with Gasteiger partial charge in [-0.05, 0) is 18.4 Å². The van der Waals surface area contributed by atoms with Crippen LogP contribution in [0.1, 0.15) is 38.2 Å². The first-order valence-electron chi connectivity index (χ1n) is 8.50. The normalized spacial score (nSPS) is 26.0. The first-order chi connectivity index (χ1) is 11.1. The van der Waals surface area contributed by atoms with Gasteiger partial charge in [0.25, 0.3) is 0 Å². The Labute approximate surface area is 137 Å². The molecule has 5 heteroatoms. The topological polar surface area (TPSA) is 61.4 Å². The summed E-state index contributed by atoms with van der Waals surface area (Å²) < 4.78 is 0. The first kappa shape index (κ1) is 15.8. The van der Waals surface area contributed by atoms with E-state index in [0.29, 0.717) is 19.0 Å². The van der Waals surface area contributed by atoms with Gasteiger partial charge in [0.2, 0.25) is 5.91 Å². The number of fused-ring (bicyclic) bond motifs is 1. The van der Waals surface area contributed by atoms with Crippen LogP contribution in [0.3, 0.4) is 0 Å². The maximum atomic E-state index is 12.6. The van der Waals surface area contributed by atoms with Crippen molar-refractivity contribution in [2.75, 3.05) is 19.6 Å². The molecule has 0 aromatic heterocycles. The molecule has 3 rings (SSSR count). The zero-order valence-corrected chi connectivity index (χ0v) is 13.7. The fourth-order valence-corrected chi connectivity index (χ4v) is 4.13. The molecule has 1 aromatic carbocycles. The van der Waals surface area contributed by atoms with Crippen molar-refractivity contribution in [3.8, 4) is 0 Å². The third-order valence-electron chi connectivity index (χ3n) is 5.21. The van der Waals surface area contributed by atoms with Crippen molar-refractivity contribution < 1.29 is 9.59 Å².